The largest absolute Gasteiger partial charge is 0.335 e. The lowest BCUT2D eigenvalue weighted by atomic mass is 10.2. The van der Waals surface area contributed by atoms with Gasteiger partial charge in [0, 0.05) is 13.8 Å². The summed E-state index contributed by atoms with van der Waals surface area (Å²) in [7, 11) is 0. The Hall–Kier alpha value is -1.39. The summed E-state index contributed by atoms with van der Waals surface area (Å²) in [6, 6.07) is 0. The van der Waals surface area contributed by atoms with Crippen molar-refractivity contribution in [3.05, 3.63) is 0 Å². The van der Waals surface area contributed by atoms with Crippen LogP contribution < -0.4 is 0 Å². The first-order chi connectivity index (χ1) is 5.86. The maximum absolute atomic E-state index is 11.0. The van der Waals surface area contributed by atoms with Gasteiger partial charge in [-0.05, 0) is 0 Å². The van der Waals surface area contributed by atoms with E-state index in [1.165, 1.54) is 0 Å². The number of carbonyl (C=O) groups excluding carboxylic acids is 3. The summed E-state index contributed by atoms with van der Waals surface area (Å²) >= 11 is 0. The van der Waals surface area contributed by atoms with Crippen LogP contribution in [-0.2, 0) is 19.2 Å². The molecule has 0 N–H and O–H groups in total. The molecule has 0 aromatic heterocycles. The topological polar surface area (TPSA) is 63.7 Å². The number of hydrogen-bond donors (Lipinski definition) is 0. The molecule has 13 heavy (non-hydrogen) atoms. The van der Waals surface area contributed by atoms with E-state index in [0.717, 1.165) is 13.8 Å². The molecule has 2 amide bonds. The Morgan fingerprint density at radius 1 is 1.08 bits per heavy atom. The van der Waals surface area contributed by atoms with E-state index in [1.54, 1.807) is 13.8 Å². The lowest BCUT2D eigenvalue weighted by Gasteiger charge is -2.16. The van der Waals surface area contributed by atoms with Gasteiger partial charge in [-0.3, -0.25) is 9.59 Å². The third kappa shape index (κ3) is 3.68. The quantitative estimate of drug-likeness (QED) is 0.560. The van der Waals surface area contributed by atoms with Crippen molar-refractivity contribution in [3.63, 3.8) is 0 Å². The van der Waals surface area contributed by atoms with Gasteiger partial charge >= 0.3 is 5.97 Å². The van der Waals surface area contributed by atoms with E-state index in [1.807, 2.05) is 0 Å². The first-order valence-corrected chi connectivity index (χ1v) is 3.89. The Labute approximate surface area is 76.6 Å². The molecular weight excluding hydrogens is 174 g/mol. The molecule has 0 aromatic carbocycles. The molecule has 0 aliphatic carbocycles. The fourth-order valence-corrected chi connectivity index (χ4v) is 0.546. The van der Waals surface area contributed by atoms with Gasteiger partial charge < -0.3 is 4.84 Å². The van der Waals surface area contributed by atoms with Crippen molar-refractivity contribution in [2.45, 2.75) is 27.7 Å². The maximum atomic E-state index is 11.0. The van der Waals surface area contributed by atoms with Crippen LogP contribution in [-0.4, -0.2) is 22.8 Å². The Kier molecular flexibility index (Phi) is 4.10. The molecule has 0 aromatic rings. The predicted octanol–water partition coefficient (Wildman–Crippen LogP) is 0.496. The molecule has 5 nitrogen and oxygen atoms in total. The molecule has 74 valence electrons. The van der Waals surface area contributed by atoms with Gasteiger partial charge in [0.15, 0.2) is 0 Å². The highest BCUT2D eigenvalue weighted by Crippen LogP contribution is 2.00. The van der Waals surface area contributed by atoms with Gasteiger partial charge in [0.2, 0.25) is 0 Å². The number of hydrogen-bond acceptors (Lipinski definition) is 4. The summed E-state index contributed by atoms with van der Waals surface area (Å²) in [5.74, 6) is -2.20. The summed E-state index contributed by atoms with van der Waals surface area (Å²) in [5, 5.41) is 0.447. The summed E-state index contributed by atoms with van der Waals surface area (Å²) in [4.78, 5) is 37.1. The zero-order valence-electron chi connectivity index (χ0n) is 8.16. The zero-order valence-corrected chi connectivity index (χ0v) is 8.16. The molecule has 0 fully saturated rings. The van der Waals surface area contributed by atoms with Crippen LogP contribution in [0, 0.1) is 5.92 Å². The SMILES string of the molecule is CC(=O)N(OC(=O)C(C)C)C(C)=O. The number of carbonyl (C=O) groups is 3. The van der Waals surface area contributed by atoms with Gasteiger partial charge in [0.05, 0.1) is 5.92 Å². The first kappa shape index (κ1) is 11.6. The smallest absolute Gasteiger partial charge is 0.330 e. The summed E-state index contributed by atoms with van der Waals surface area (Å²) in [5.41, 5.74) is 0. The van der Waals surface area contributed by atoms with Crippen molar-refractivity contribution in [1.29, 1.82) is 0 Å². The minimum atomic E-state index is -0.610. The van der Waals surface area contributed by atoms with Gasteiger partial charge in [-0.2, -0.15) is 0 Å². The molecule has 0 rings (SSSR count). The maximum Gasteiger partial charge on any atom is 0.335 e. The predicted molar refractivity (Wildman–Crippen MR) is 44.1 cm³/mol. The molecular formula is C8H13NO4. The van der Waals surface area contributed by atoms with Crippen LogP contribution in [0.15, 0.2) is 0 Å². The van der Waals surface area contributed by atoms with Crippen molar-refractivity contribution in [1.82, 2.24) is 5.06 Å². The van der Waals surface area contributed by atoms with Gasteiger partial charge in [-0.1, -0.05) is 13.8 Å². The van der Waals surface area contributed by atoms with Crippen LogP contribution in [0.25, 0.3) is 0 Å². The van der Waals surface area contributed by atoms with E-state index in [0.29, 0.717) is 5.06 Å². The van der Waals surface area contributed by atoms with Gasteiger partial charge in [0.25, 0.3) is 11.8 Å². The highest BCUT2D eigenvalue weighted by molar-refractivity contribution is 5.93. The first-order valence-electron chi connectivity index (χ1n) is 3.89. The number of rotatable bonds is 1. The Morgan fingerprint density at radius 2 is 1.46 bits per heavy atom. The highest BCUT2D eigenvalue weighted by atomic mass is 16.7. The molecule has 0 spiro atoms. The fourth-order valence-electron chi connectivity index (χ4n) is 0.546. The second kappa shape index (κ2) is 4.59. The average molecular weight is 187 g/mol. The second-order valence-corrected chi connectivity index (χ2v) is 2.90. The molecule has 5 heteroatoms. The summed E-state index contributed by atoms with van der Waals surface area (Å²) < 4.78 is 0. The lowest BCUT2D eigenvalue weighted by Crippen LogP contribution is -2.36. The van der Waals surface area contributed by atoms with E-state index >= 15 is 0 Å². The van der Waals surface area contributed by atoms with Crippen LogP contribution in [0.3, 0.4) is 0 Å². The highest BCUT2D eigenvalue weighted by Gasteiger charge is 2.20. The van der Waals surface area contributed by atoms with E-state index in [4.69, 9.17) is 0 Å². The molecule has 0 atom stereocenters. The second-order valence-electron chi connectivity index (χ2n) is 2.90. The van der Waals surface area contributed by atoms with E-state index < -0.39 is 17.8 Å². The Balaban J connectivity index is 4.36. The van der Waals surface area contributed by atoms with E-state index in [-0.39, 0.29) is 5.92 Å². The summed E-state index contributed by atoms with van der Waals surface area (Å²) in [6.07, 6.45) is 0. The van der Waals surface area contributed by atoms with Crippen molar-refractivity contribution in [2.75, 3.05) is 0 Å². The standard InChI is InChI=1S/C8H13NO4/c1-5(2)8(12)13-9(6(3)10)7(4)11/h5H,1-4H3. The van der Waals surface area contributed by atoms with Crippen LogP contribution in [0.2, 0.25) is 0 Å². The zero-order chi connectivity index (χ0) is 10.6. The van der Waals surface area contributed by atoms with E-state index in [9.17, 15) is 14.4 Å². The summed E-state index contributed by atoms with van der Waals surface area (Å²) in [6.45, 7) is 5.52. The fraction of sp³-hybridized carbons (Fsp3) is 0.625. The molecule has 0 radical (unpaired) electrons. The van der Waals surface area contributed by atoms with Crippen molar-refractivity contribution in [2.24, 2.45) is 5.92 Å². The lowest BCUT2D eigenvalue weighted by molar-refractivity contribution is -0.202. The van der Waals surface area contributed by atoms with Crippen LogP contribution >= 0.6 is 0 Å². The molecule has 0 bridgehead atoms. The monoisotopic (exact) mass is 187 g/mol. The van der Waals surface area contributed by atoms with E-state index in [2.05, 4.69) is 4.84 Å². The number of nitrogens with zero attached hydrogens (tertiary/aromatic N) is 1. The number of imide groups is 1. The van der Waals surface area contributed by atoms with Crippen LogP contribution in [0.4, 0.5) is 0 Å². The van der Waals surface area contributed by atoms with Gasteiger partial charge in [-0.15, -0.1) is 5.06 Å². The van der Waals surface area contributed by atoms with Crippen LogP contribution in [0.5, 0.6) is 0 Å². The van der Waals surface area contributed by atoms with Crippen LogP contribution in [0.1, 0.15) is 27.7 Å². The average Bonchev–Trinajstić information content (AvgIpc) is 1.97. The third-order valence-electron chi connectivity index (χ3n) is 1.22. The Morgan fingerprint density at radius 3 is 1.69 bits per heavy atom. The van der Waals surface area contributed by atoms with Crippen molar-refractivity contribution >= 4 is 17.8 Å². The molecule has 0 saturated heterocycles. The van der Waals surface area contributed by atoms with Gasteiger partial charge in [0.1, 0.15) is 0 Å². The molecule has 0 unspecified atom stereocenters. The molecule has 0 aliphatic rings. The molecule has 0 heterocycles. The number of hydroxylamine groups is 2. The normalized spacial score (nSPS) is 9.62. The van der Waals surface area contributed by atoms with Crippen molar-refractivity contribution in [3.8, 4) is 0 Å². The van der Waals surface area contributed by atoms with Crippen molar-refractivity contribution < 1.29 is 19.2 Å². The molecule has 0 saturated carbocycles. The molecule has 0 aliphatic heterocycles. The Bertz CT molecular complexity index is 220. The third-order valence-corrected chi connectivity index (χ3v) is 1.22. The van der Waals surface area contributed by atoms with Gasteiger partial charge in [-0.25, -0.2) is 4.79 Å². The minimum absolute atomic E-state index is 0.374. The minimum Gasteiger partial charge on any atom is -0.330 e. The number of amides is 2.